The van der Waals surface area contributed by atoms with Crippen molar-refractivity contribution in [1.82, 2.24) is 9.78 Å². The van der Waals surface area contributed by atoms with Crippen molar-refractivity contribution in [2.45, 2.75) is 27.3 Å². The maximum atomic E-state index is 10.7. The number of carbonyl (C=O) groups is 1. The summed E-state index contributed by atoms with van der Waals surface area (Å²) in [6.07, 6.45) is 3.49. The fourth-order valence-corrected chi connectivity index (χ4v) is 0.750. The predicted octanol–water partition coefficient (Wildman–Crippen LogP) is 1.39. The van der Waals surface area contributed by atoms with Gasteiger partial charge in [-0.1, -0.05) is 13.8 Å². The lowest BCUT2D eigenvalue weighted by atomic mass is 10.4. The molecule has 0 saturated heterocycles. The summed E-state index contributed by atoms with van der Waals surface area (Å²) in [5.74, 6) is -0.284. The maximum absolute atomic E-state index is 10.7. The molecule has 0 aliphatic heterocycles. The molecule has 0 spiro atoms. The Kier molecular flexibility index (Phi) is 5.59. The van der Waals surface area contributed by atoms with E-state index in [9.17, 15) is 4.79 Å². The summed E-state index contributed by atoms with van der Waals surface area (Å²) in [5, 5.41) is 3.92. The van der Waals surface area contributed by atoms with Gasteiger partial charge in [-0.15, -0.1) is 0 Å². The Morgan fingerprint density at radius 3 is 2.62 bits per heavy atom. The highest BCUT2D eigenvalue weighted by Gasteiger charge is 2.01. The van der Waals surface area contributed by atoms with Crippen LogP contribution in [-0.4, -0.2) is 22.9 Å². The molecule has 13 heavy (non-hydrogen) atoms. The molecular formula is C9H16N2O2. The van der Waals surface area contributed by atoms with Crippen molar-refractivity contribution >= 4 is 5.97 Å². The first kappa shape index (κ1) is 11.7. The molecule has 0 saturated carbocycles. The smallest absolute Gasteiger partial charge is 0.327 e. The van der Waals surface area contributed by atoms with Crippen LogP contribution >= 0.6 is 0 Å². The molecule has 74 valence electrons. The minimum atomic E-state index is -0.284. The molecule has 0 N–H and O–H groups in total. The third kappa shape index (κ3) is 4.30. The minimum Gasteiger partial charge on any atom is -0.468 e. The highest BCUT2D eigenvalue weighted by Crippen LogP contribution is 1.93. The molecule has 0 aromatic carbocycles. The number of hydrogen-bond donors (Lipinski definition) is 0. The highest BCUT2D eigenvalue weighted by molar-refractivity contribution is 5.68. The molecule has 1 heterocycles. The standard InChI is InChI=1S/C7H10N2O2.C2H6/c1-6-3-8-9(4-6)5-7(10)11-2;1-2/h3-4H,5H2,1-2H3;1-2H3. The largest absolute Gasteiger partial charge is 0.468 e. The molecular weight excluding hydrogens is 168 g/mol. The van der Waals surface area contributed by atoms with E-state index < -0.39 is 0 Å². The number of ether oxygens (including phenoxy) is 1. The maximum Gasteiger partial charge on any atom is 0.327 e. The first-order valence-corrected chi connectivity index (χ1v) is 4.28. The van der Waals surface area contributed by atoms with Crippen LogP contribution in [0.15, 0.2) is 12.4 Å². The fourth-order valence-electron chi connectivity index (χ4n) is 0.750. The number of aromatic nitrogens is 2. The molecule has 0 unspecified atom stereocenters. The topological polar surface area (TPSA) is 44.1 Å². The molecule has 0 bridgehead atoms. The monoisotopic (exact) mass is 184 g/mol. The van der Waals surface area contributed by atoms with E-state index >= 15 is 0 Å². The first-order chi connectivity index (χ1) is 6.22. The van der Waals surface area contributed by atoms with Gasteiger partial charge in [0.05, 0.1) is 13.3 Å². The van der Waals surface area contributed by atoms with Gasteiger partial charge in [0, 0.05) is 6.20 Å². The van der Waals surface area contributed by atoms with Gasteiger partial charge in [0.15, 0.2) is 0 Å². The Bertz CT molecular complexity index is 256. The molecule has 4 heteroatoms. The predicted molar refractivity (Wildman–Crippen MR) is 50.3 cm³/mol. The Morgan fingerprint density at radius 1 is 1.62 bits per heavy atom. The Morgan fingerprint density at radius 2 is 2.23 bits per heavy atom. The zero-order valence-electron chi connectivity index (χ0n) is 8.57. The molecule has 0 aliphatic rings. The van der Waals surface area contributed by atoms with Gasteiger partial charge in [-0.25, -0.2) is 0 Å². The van der Waals surface area contributed by atoms with Crippen molar-refractivity contribution in [2.24, 2.45) is 0 Å². The lowest BCUT2D eigenvalue weighted by Crippen LogP contribution is -2.11. The summed E-state index contributed by atoms with van der Waals surface area (Å²) in [5.41, 5.74) is 1.04. The van der Waals surface area contributed by atoms with Crippen molar-refractivity contribution in [3.63, 3.8) is 0 Å². The molecule has 0 radical (unpaired) electrons. The van der Waals surface area contributed by atoms with Crippen LogP contribution in [0, 0.1) is 6.92 Å². The van der Waals surface area contributed by atoms with Gasteiger partial charge < -0.3 is 4.74 Å². The van der Waals surface area contributed by atoms with Crippen molar-refractivity contribution in [2.75, 3.05) is 7.11 Å². The molecule has 0 amide bonds. The molecule has 4 nitrogen and oxygen atoms in total. The Hall–Kier alpha value is -1.32. The van der Waals surface area contributed by atoms with E-state index in [1.54, 1.807) is 17.1 Å². The second-order valence-corrected chi connectivity index (χ2v) is 2.29. The van der Waals surface area contributed by atoms with E-state index in [0.29, 0.717) is 0 Å². The Balaban J connectivity index is 0.000000671. The number of carbonyl (C=O) groups excluding carboxylic acids is 1. The van der Waals surface area contributed by atoms with Gasteiger partial charge in [0.2, 0.25) is 0 Å². The van der Waals surface area contributed by atoms with Gasteiger partial charge in [0.1, 0.15) is 6.54 Å². The number of methoxy groups -OCH3 is 1. The number of hydrogen-bond acceptors (Lipinski definition) is 3. The van der Waals surface area contributed by atoms with Gasteiger partial charge in [-0.05, 0) is 12.5 Å². The van der Waals surface area contributed by atoms with Crippen LogP contribution in [0.1, 0.15) is 19.4 Å². The lowest BCUT2D eigenvalue weighted by molar-refractivity contribution is -0.141. The lowest BCUT2D eigenvalue weighted by Gasteiger charge is -1.97. The summed E-state index contributed by atoms with van der Waals surface area (Å²) in [7, 11) is 1.36. The summed E-state index contributed by atoms with van der Waals surface area (Å²) < 4.78 is 6.01. The van der Waals surface area contributed by atoms with Crippen LogP contribution in [0.4, 0.5) is 0 Å². The quantitative estimate of drug-likeness (QED) is 0.652. The molecule has 0 fully saturated rings. The fraction of sp³-hybridized carbons (Fsp3) is 0.556. The van der Waals surface area contributed by atoms with Crippen molar-refractivity contribution in [3.8, 4) is 0 Å². The summed E-state index contributed by atoms with van der Waals surface area (Å²) in [6, 6.07) is 0. The van der Waals surface area contributed by atoms with Crippen molar-refractivity contribution in [3.05, 3.63) is 18.0 Å². The third-order valence-corrected chi connectivity index (χ3v) is 1.28. The normalized spacial score (nSPS) is 8.62. The number of esters is 1. The number of nitrogens with zero attached hydrogens (tertiary/aromatic N) is 2. The van der Waals surface area contributed by atoms with Gasteiger partial charge in [0.25, 0.3) is 0 Å². The van der Waals surface area contributed by atoms with Crippen LogP contribution in [-0.2, 0) is 16.1 Å². The van der Waals surface area contributed by atoms with Crippen LogP contribution < -0.4 is 0 Å². The van der Waals surface area contributed by atoms with Crippen molar-refractivity contribution < 1.29 is 9.53 Å². The minimum absolute atomic E-state index is 0.185. The molecule has 1 rings (SSSR count). The Labute approximate surface area is 78.5 Å². The van der Waals surface area contributed by atoms with Crippen LogP contribution in [0.2, 0.25) is 0 Å². The summed E-state index contributed by atoms with van der Waals surface area (Å²) >= 11 is 0. The van der Waals surface area contributed by atoms with E-state index in [1.807, 2.05) is 20.8 Å². The number of rotatable bonds is 2. The number of aryl methyl sites for hydroxylation is 1. The van der Waals surface area contributed by atoms with Crippen LogP contribution in [0.25, 0.3) is 0 Å². The third-order valence-electron chi connectivity index (χ3n) is 1.28. The second kappa shape index (κ2) is 6.22. The zero-order chi connectivity index (χ0) is 10.3. The molecule has 1 aromatic heterocycles. The van der Waals surface area contributed by atoms with Crippen LogP contribution in [0.3, 0.4) is 0 Å². The van der Waals surface area contributed by atoms with E-state index in [0.717, 1.165) is 5.56 Å². The van der Waals surface area contributed by atoms with Gasteiger partial charge in [-0.3, -0.25) is 9.48 Å². The van der Waals surface area contributed by atoms with E-state index in [4.69, 9.17) is 0 Å². The van der Waals surface area contributed by atoms with E-state index in [1.165, 1.54) is 7.11 Å². The van der Waals surface area contributed by atoms with Gasteiger partial charge >= 0.3 is 5.97 Å². The average Bonchev–Trinajstić information content (AvgIpc) is 2.54. The van der Waals surface area contributed by atoms with E-state index in [2.05, 4.69) is 9.84 Å². The molecule has 1 aromatic rings. The molecule has 0 aliphatic carbocycles. The van der Waals surface area contributed by atoms with Crippen molar-refractivity contribution in [1.29, 1.82) is 0 Å². The summed E-state index contributed by atoms with van der Waals surface area (Å²) in [6.45, 7) is 6.10. The van der Waals surface area contributed by atoms with E-state index in [-0.39, 0.29) is 12.5 Å². The second-order valence-electron chi connectivity index (χ2n) is 2.29. The highest BCUT2D eigenvalue weighted by atomic mass is 16.5. The molecule has 0 atom stereocenters. The first-order valence-electron chi connectivity index (χ1n) is 4.28. The zero-order valence-corrected chi connectivity index (χ0v) is 8.57. The average molecular weight is 184 g/mol. The SMILES string of the molecule is CC.COC(=O)Cn1cc(C)cn1. The van der Waals surface area contributed by atoms with Gasteiger partial charge in [-0.2, -0.15) is 5.10 Å². The van der Waals surface area contributed by atoms with Crippen LogP contribution in [0.5, 0.6) is 0 Å². The summed E-state index contributed by atoms with van der Waals surface area (Å²) in [4.78, 5) is 10.7.